The number of carbonyl (C=O) groups is 21. The molecule has 0 saturated carbocycles. The normalized spacial score (nSPS) is 17.6. The monoisotopic (exact) mass is 1800 g/mol. The lowest BCUT2D eigenvalue weighted by molar-refractivity contribution is -0.144. The molecule has 1 aromatic heterocycles. The number of H-pyrrole nitrogens is 1. The average Bonchev–Trinajstić information content (AvgIpc) is 1.30. The quantitative estimate of drug-likeness (QED) is 0.0292. The van der Waals surface area contributed by atoms with E-state index in [1.54, 1.807) is 6.07 Å². The van der Waals surface area contributed by atoms with Crippen molar-refractivity contribution in [1.82, 2.24) is 99.9 Å². The summed E-state index contributed by atoms with van der Waals surface area (Å²) in [4.78, 5) is 288. The van der Waals surface area contributed by atoms with Gasteiger partial charge in [-0.25, -0.2) is 9.78 Å². The summed E-state index contributed by atoms with van der Waals surface area (Å²) in [5.74, 6) is -29.5. The number of hydrogen-bond donors (Lipinski definition) is 28. The predicted octanol–water partition coefficient (Wildman–Crippen LogP) is -12.0. The van der Waals surface area contributed by atoms with Crippen molar-refractivity contribution < 1.29 is 157 Å². The Hall–Kier alpha value is -13.0. The molecule has 0 radical (unpaired) electrons. The number of benzene rings is 1. The maximum absolute atomic E-state index is 14.4. The van der Waals surface area contributed by atoms with Crippen LogP contribution in [0.3, 0.4) is 0 Å². The molecule has 2 saturated heterocycles. The Labute approximate surface area is 724 Å². The Bertz CT molecular complexity index is 4210. The first-order valence-corrected chi connectivity index (χ1v) is 40.3. The van der Waals surface area contributed by atoms with Gasteiger partial charge in [0.1, 0.15) is 90.6 Å². The van der Waals surface area contributed by atoms with Crippen LogP contribution in [0.5, 0.6) is 0 Å². The number of carbonyl (C=O) groups excluding carboxylic acids is 16. The molecule has 2 aliphatic rings. The van der Waals surface area contributed by atoms with Crippen molar-refractivity contribution in [2.45, 2.75) is 240 Å². The van der Waals surface area contributed by atoms with E-state index >= 15 is 0 Å². The van der Waals surface area contributed by atoms with E-state index in [-0.39, 0.29) is 25.8 Å². The van der Waals surface area contributed by atoms with Crippen molar-refractivity contribution in [3.05, 3.63) is 54.1 Å². The molecular formula is C76H113N19O32. The number of amides is 16. The Morgan fingerprint density at radius 2 is 0.827 bits per heavy atom. The first-order chi connectivity index (χ1) is 59.7. The number of rotatable bonds is 54. The number of carboxylic acids is 5. The van der Waals surface area contributed by atoms with Crippen LogP contribution in [-0.2, 0) is 114 Å². The molecule has 0 spiro atoms. The van der Waals surface area contributed by atoms with Crippen molar-refractivity contribution in [2.24, 2.45) is 11.8 Å². The van der Waals surface area contributed by atoms with Crippen LogP contribution in [-0.4, -0.2) is 350 Å². The molecule has 0 unspecified atom stereocenters. The standard InChI is InChI=1S/C76H113N19O32/c1-33(2)56(91-69(119)49(31-98)88-70(120)50-16-12-22-95(50)75(125)46(24-39-27-77-32-80-39)86-73(123)59(36(6)100)93-62(112)40-15-11-21-78-40)71(121)82-41(17-19-52(103)104)61(111)79-28-51(102)90-58(35(5)99)72(122)85-44(25-54(107)108)65(115)84-45(26-55(109)110)66(116)94-60(37(7)101)74(124)89-48(30-97)68(118)83-43(23-38-13-9-8-10-14-38)64(114)87-47(29-96)67(117)81-42(18-20-53(105)106)63(113)92-57(34(3)4)76(126)127/h8-10,13-14,27,32-37,40-50,56-60,78,96-101H,11-12,15-26,28-31H2,1-7H3,(H,77,80)(H,79,111)(H,81,117)(H,82,121)(H,83,118)(H,84,115)(H,85,122)(H,86,123)(H,87,114)(H,88,120)(H,89,124)(H,90,102)(H,91,119)(H,92,113)(H,93,112)(H,94,116)(H,103,104)(H,105,106)(H,107,108)(H,109,110)(H,126,127)/t35-,36-,37-,40+,41+,42+,43+,44+,45+,46+,47+,48+,49+,50+,56+,57+,58+,59+,60+/m1/s1. The lowest BCUT2D eigenvalue weighted by Crippen LogP contribution is -2.63. The molecule has 3 heterocycles. The Kier molecular flexibility index (Phi) is 43.6. The second kappa shape index (κ2) is 52.1. The largest absolute Gasteiger partial charge is 0.481 e. The van der Waals surface area contributed by atoms with Crippen LogP contribution in [0, 0.1) is 11.8 Å². The highest BCUT2D eigenvalue weighted by atomic mass is 16.4. The number of aliphatic hydroxyl groups is 6. The topological polar surface area (TPSA) is 805 Å². The van der Waals surface area contributed by atoms with Crippen LogP contribution in [0.1, 0.15) is 124 Å². The second-order valence-corrected chi connectivity index (χ2v) is 30.7. The molecule has 0 bridgehead atoms. The zero-order chi connectivity index (χ0) is 95.4. The van der Waals surface area contributed by atoms with Gasteiger partial charge in [0.25, 0.3) is 0 Å². The van der Waals surface area contributed by atoms with Gasteiger partial charge < -0.3 is 151 Å². The second-order valence-electron chi connectivity index (χ2n) is 30.7. The Morgan fingerprint density at radius 3 is 1.31 bits per heavy atom. The molecule has 2 aliphatic heterocycles. The predicted molar refractivity (Wildman–Crippen MR) is 430 cm³/mol. The van der Waals surface area contributed by atoms with Gasteiger partial charge in [-0.1, -0.05) is 58.0 Å². The molecule has 1 aromatic carbocycles. The van der Waals surface area contributed by atoms with Crippen LogP contribution in [0.2, 0.25) is 0 Å². The molecule has 4 rings (SSSR count). The van der Waals surface area contributed by atoms with Gasteiger partial charge in [-0.2, -0.15) is 0 Å². The molecule has 2 aromatic rings. The molecule has 28 N–H and O–H groups in total. The highest BCUT2D eigenvalue weighted by molar-refractivity contribution is 6.02. The van der Waals surface area contributed by atoms with Gasteiger partial charge in [-0.3, -0.25) is 95.9 Å². The number of likely N-dealkylation sites (tertiary alicyclic amines) is 1. The minimum atomic E-state index is -2.37. The summed E-state index contributed by atoms with van der Waals surface area (Å²) >= 11 is 0. The average molecular weight is 1800 g/mol. The zero-order valence-corrected chi connectivity index (χ0v) is 70.3. The summed E-state index contributed by atoms with van der Waals surface area (Å²) in [6.07, 6.45) is -7.74. The third kappa shape index (κ3) is 34.8. The van der Waals surface area contributed by atoms with Gasteiger partial charge in [0.2, 0.25) is 94.5 Å². The number of aliphatic carboxylic acids is 5. The fourth-order valence-electron chi connectivity index (χ4n) is 12.9. The van der Waals surface area contributed by atoms with Crippen molar-refractivity contribution >= 4 is 124 Å². The van der Waals surface area contributed by atoms with Crippen molar-refractivity contribution in [1.29, 1.82) is 0 Å². The van der Waals surface area contributed by atoms with E-state index in [4.69, 9.17) is 0 Å². The van der Waals surface area contributed by atoms with E-state index in [9.17, 15) is 157 Å². The molecule has 16 amide bonds. The summed E-state index contributed by atoms with van der Waals surface area (Å²) in [6.45, 7) is 4.43. The van der Waals surface area contributed by atoms with E-state index < -0.39 is 322 Å². The highest BCUT2D eigenvalue weighted by Gasteiger charge is 2.44. The van der Waals surface area contributed by atoms with Crippen molar-refractivity contribution in [2.75, 3.05) is 39.5 Å². The molecule has 19 atom stereocenters. The maximum atomic E-state index is 14.4. The Balaban J connectivity index is 1.44. The number of carboxylic acid groups (broad SMARTS) is 5. The van der Waals surface area contributed by atoms with Gasteiger partial charge in [0, 0.05) is 44.1 Å². The minimum Gasteiger partial charge on any atom is -0.481 e. The number of imidazole rings is 1. The summed E-state index contributed by atoms with van der Waals surface area (Å²) in [5, 5.41) is 147. The molecule has 2 fully saturated rings. The zero-order valence-electron chi connectivity index (χ0n) is 70.3. The first kappa shape index (κ1) is 106. The van der Waals surface area contributed by atoms with Gasteiger partial charge in [-0.15, -0.1) is 0 Å². The minimum absolute atomic E-state index is 0.00744. The van der Waals surface area contributed by atoms with Crippen LogP contribution < -0.4 is 85.1 Å². The fraction of sp³-hybridized carbons (Fsp3) is 0.605. The lowest BCUT2D eigenvalue weighted by atomic mass is 10.0. The third-order valence-corrected chi connectivity index (χ3v) is 19.9. The summed E-state index contributed by atoms with van der Waals surface area (Å²) in [5.41, 5.74) is 0.676. The van der Waals surface area contributed by atoms with Gasteiger partial charge >= 0.3 is 29.8 Å². The number of aromatic amines is 1. The van der Waals surface area contributed by atoms with Crippen LogP contribution in [0.4, 0.5) is 0 Å². The molecule has 704 valence electrons. The lowest BCUT2D eigenvalue weighted by Gasteiger charge is -2.31. The molecule has 127 heavy (non-hydrogen) atoms. The number of hydrogen-bond acceptors (Lipinski definition) is 29. The third-order valence-electron chi connectivity index (χ3n) is 19.9. The molecule has 51 nitrogen and oxygen atoms in total. The summed E-state index contributed by atoms with van der Waals surface area (Å²) in [6, 6.07) is -21.1. The molecule has 51 heteroatoms. The van der Waals surface area contributed by atoms with E-state index in [2.05, 4.69) is 68.5 Å². The number of aromatic nitrogens is 2. The van der Waals surface area contributed by atoms with E-state index in [0.717, 1.165) is 18.7 Å². The maximum Gasteiger partial charge on any atom is 0.326 e. The Morgan fingerprint density at radius 1 is 0.417 bits per heavy atom. The van der Waals surface area contributed by atoms with E-state index in [1.807, 2.05) is 26.6 Å². The van der Waals surface area contributed by atoms with Crippen molar-refractivity contribution in [3.63, 3.8) is 0 Å². The van der Waals surface area contributed by atoms with Gasteiger partial charge in [0.05, 0.1) is 69.9 Å². The molecular weight excluding hydrogens is 1690 g/mol. The summed E-state index contributed by atoms with van der Waals surface area (Å²) < 4.78 is 0. The van der Waals surface area contributed by atoms with Crippen molar-refractivity contribution in [3.8, 4) is 0 Å². The highest BCUT2D eigenvalue weighted by Crippen LogP contribution is 2.21. The van der Waals surface area contributed by atoms with Crippen LogP contribution >= 0.6 is 0 Å². The van der Waals surface area contributed by atoms with E-state index in [1.165, 1.54) is 71.4 Å². The van der Waals surface area contributed by atoms with E-state index in [0.29, 0.717) is 30.6 Å². The summed E-state index contributed by atoms with van der Waals surface area (Å²) in [7, 11) is 0. The van der Waals surface area contributed by atoms with Gasteiger partial charge in [0.15, 0.2) is 0 Å². The van der Waals surface area contributed by atoms with Crippen LogP contribution in [0.15, 0.2) is 42.9 Å². The van der Waals surface area contributed by atoms with Crippen LogP contribution in [0.25, 0.3) is 0 Å². The smallest absolute Gasteiger partial charge is 0.326 e. The SMILES string of the molecule is CC(C)[C@H](NC(=O)[C@H](CCC(=O)O)NC(=O)[C@H](CO)NC(=O)[C@H](Cc1ccccc1)NC(=O)[C@H](CO)NC(=O)[C@@H](NC(=O)[C@H](CC(=O)O)NC(=O)[C@H](CC(=O)O)NC(=O)[C@@H](NC(=O)CNC(=O)[C@H](CCC(=O)O)NC(=O)[C@@H](NC(=O)[C@H](CO)NC(=O)[C@@H]1CCCN1C(=O)[C@H](Cc1cnc[nH]1)NC(=O)[C@@H](NC(=O)[C@@H]1CCCN1)[C@@H](C)O)C(C)C)[C@@H](C)O)[C@@H](C)O)C(=O)O. The molecule has 0 aliphatic carbocycles. The fourth-order valence-corrected chi connectivity index (χ4v) is 12.9. The number of nitrogens with one attached hydrogen (secondary N) is 17. The number of aliphatic hydroxyl groups excluding tert-OH is 6. The number of nitrogens with zero attached hydrogens (tertiary/aromatic N) is 2. The van der Waals surface area contributed by atoms with Gasteiger partial charge in [-0.05, 0) is 83.2 Å². The first-order valence-electron chi connectivity index (χ1n) is 40.3.